The van der Waals surface area contributed by atoms with E-state index in [1.54, 1.807) is 18.5 Å². The Kier molecular flexibility index (Phi) is 6.59. The van der Waals surface area contributed by atoms with Gasteiger partial charge in [-0.25, -0.2) is 0 Å². The number of benzene rings is 1. The molecule has 6 nitrogen and oxygen atoms in total. The molecule has 0 bridgehead atoms. The number of nitrogens with one attached hydrogen (secondary N) is 1. The second-order valence-corrected chi connectivity index (χ2v) is 7.43. The normalized spacial score (nSPS) is 13.1. The molecule has 2 heterocycles. The van der Waals surface area contributed by atoms with Gasteiger partial charge in [-0.3, -0.25) is 9.78 Å². The van der Waals surface area contributed by atoms with Crippen LogP contribution < -0.4 is 5.32 Å². The predicted molar refractivity (Wildman–Crippen MR) is 105 cm³/mol. The largest absolute Gasteiger partial charge is 0.411 e. The molecule has 0 unspecified atom stereocenters. The number of thioether (sulfide) groups is 1. The smallest absolute Gasteiger partial charge is 0.277 e. The lowest BCUT2D eigenvalue weighted by Gasteiger charge is -2.17. The Hall–Kier alpha value is -2.67. The SMILES string of the molecule is CC[C@H](CNC(=O)[C@@H](C)Sc1nnc(-c2cccnc2)o1)c1ccccc1. The van der Waals surface area contributed by atoms with E-state index in [-0.39, 0.29) is 11.2 Å². The fourth-order valence-electron chi connectivity index (χ4n) is 2.66. The molecule has 3 rings (SSSR count). The fraction of sp³-hybridized carbons (Fsp3) is 0.300. The molecule has 140 valence electrons. The van der Waals surface area contributed by atoms with Crippen molar-refractivity contribution in [2.45, 2.75) is 36.7 Å². The topological polar surface area (TPSA) is 80.9 Å². The molecule has 27 heavy (non-hydrogen) atoms. The number of hydrogen-bond acceptors (Lipinski definition) is 6. The maximum atomic E-state index is 12.4. The van der Waals surface area contributed by atoms with E-state index in [0.29, 0.717) is 23.6 Å². The summed E-state index contributed by atoms with van der Waals surface area (Å²) in [7, 11) is 0. The number of carbonyl (C=O) groups excluding carboxylic acids is 1. The summed E-state index contributed by atoms with van der Waals surface area (Å²) in [6.45, 7) is 4.56. The van der Waals surface area contributed by atoms with Crippen molar-refractivity contribution in [3.63, 3.8) is 0 Å². The van der Waals surface area contributed by atoms with Crippen LogP contribution >= 0.6 is 11.8 Å². The summed E-state index contributed by atoms with van der Waals surface area (Å²) in [6, 6.07) is 13.9. The predicted octanol–water partition coefficient (Wildman–Crippen LogP) is 3.92. The third-order valence-corrected chi connectivity index (χ3v) is 5.18. The number of pyridine rings is 1. The molecule has 0 saturated heterocycles. The lowest BCUT2D eigenvalue weighted by Crippen LogP contribution is -2.34. The monoisotopic (exact) mass is 382 g/mol. The molecule has 1 amide bonds. The number of rotatable bonds is 8. The van der Waals surface area contributed by atoms with E-state index in [1.807, 2.05) is 31.2 Å². The molecular formula is C20H22N4O2S. The Morgan fingerprint density at radius 1 is 1.19 bits per heavy atom. The van der Waals surface area contributed by atoms with Crippen molar-refractivity contribution in [3.05, 3.63) is 60.4 Å². The van der Waals surface area contributed by atoms with Gasteiger partial charge in [-0.2, -0.15) is 0 Å². The van der Waals surface area contributed by atoms with Crippen LogP contribution in [-0.2, 0) is 4.79 Å². The number of amides is 1. The van der Waals surface area contributed by atoms with E-state index in [2.05, 4.69) is 39.6 Å². The quantitative estimate of drug-likeness (QED) is 0.595. The van der Waals surface area contributed by atoms with E-state index in [0.717, 1.165) is 12.0 Å². The summed E-state index contributed by atoms with van der Waals surface area (Å²) in [5, 5.41) is 11.1. The van der Waals surface area contributed by atoms with E-state index in [1.165, 1.54) is 17.3 Å². The molecule has 1 N–H and O–H groups in total. The van der Waals surface area contributed by atoms with Crippen molar-refractivity contribution in [1.29, 1.82) is 0 Å². The summed E-state index contributed by atoms with van der Waals surface area (Å²) >= 11 is 1.25. The first-order valence-electron chi connectivity index (χ1n) is 8.90. The molecule has 0 aliphatic carbocycles. The molecule has 7 heteroatoms. The second-order valence-electron chi connectivity index (χ2n) is 6.14. The van der Waals surface area contributed by atoms with Gasteiger partial charge in [-0.15, -0.1) is 10.2 Å². The minimum Gasteiger partial charge on any atom is -0.411 e. The van der Waals surface area contributed by atoms with Crippen LogP contribution in [0, 0.1) is 0 Å². The van der Waals surface area contributed by atoms with Crippen LogP contribution in [0.25, 0.3) is 11.5 Å². The zero-order valence-corrected chi connectivity index (χ0v) is 16.1. The van der Waals surface area contributed by atoms with Crippen LogP contribution in [0.5, 0.6) is 0 Å². The number of carbonyl (C=O) groups is 1. The highest BCUT2D eigenvalue weighted by Gasteiger charge is 2.20. The minimum absolute atomic E-state index is 0.0458. The number of aromatic nitrogens is 3. The summed E-state index contributed by atoms with van der Waals surface area (Å²) in [5.74, 6) is 0.650. The van der Waals surface area contributed by atoms with E-state index >= 15 is 0 Å². The lowest BCUT2D eigenvalue weighted by molar-refractivity contribution is -0.120. The van der Waals surface area contributed by atoms with Gasteiger partial charge in [0.25, 0.3) is 5.22 Å². The van der Waals surface area contributed by atoms with Crippen molar-refractivity contribution in [2.75, 3.05) is 6.54 Å². The van der Waals surface area contributed by atoms with Gasteiger partial charge in [0, 0.05) is 24.9 Å². The van der Waals surface area contributed by atoms with Gasteiger partial charge in [0.2, 0.25) is 11.8 Å². The van der Waals surface area contributed by atoms with E-state index < -0.39 is 0 Å². The molecule has 3 aromatic rings. The highest BCUT2D eigenvalue weighted by molar-refractivity contribution is 8.00. The molecule has 0 fully saturated rings. The molecule has 0 spiro atoms. The highest BCUT2D eigenvalue weighted by atomic mass is 32.2. The van der Waals surface area contributed by atoms with Crippen molar-refractivity contribution < 1.29 is 9.21 Å². The third kappa shape index (κ3) is 5.17. The van der Waals surface area contributed by atoms with Gasteiger partial charge in [0.05, 0.1) is 10.8 Å². The number of nitrogens with zero attached hydrogens (tertiary/aromatic N) is 3. The van der Waals surface area contributed by atoms with Crippen LogP contribution in [0.4, 0.5) is 0 Å². The molecule has 2 atom stereocenters. The van der Waals surface area contributed by atoms with Crippen LogP contribution in [0.1, 0.15) is 31.7 Å². The van der Waals surface area contributed by atoms with Gasteiger partial charge >= 0.3 is 0 Å². The first-order valence-corrected chi connectivity index (χ1v) is 9.78. The average Bonchev–Trinajstić information content (AvgIpc) is 3.18. The number of hydrogen-bond donors (Lipinski definition) is 1. The zero-order valence-electron chi connectivity index (χ0n) is 15.3. The van der Waals surface area contributed by atoms with Gasteiger partial charge in [-0.05, 0) is 31.0 Å². The zero-order chi connectivity index (χ0) is 19.1. The molecule has 2 aromatic heterocycles. The summed E-state index contributed by atoms with van der Waals surface area (Å²) < 4.78 is 5.63. The van der Waals surface area contributed by atoms with Gasteiger partial charge < -0.3 is 9.73 Å². The summed E-state index contributed by atoms with van der Waals surface area (Å²) in [6.07, 6.45) is 4.30. The van der Waals surface area contributed by atoms with Gasteiger partial charge in [-0.1, -0.05) is 49.0 Å². The molecule has 0 radical (unpaired) electrons. The standard InChI is InChI=1S/C20H22N4O2S/c1-3-15(16-8-5-4-6-9-16)13-22-18(25)14(2)27-20-24-23-19(26-20)17-10-7-11-21-12-17/h4-12,14-15H,3,13H2,1-2H3,(H,22,25)/t14-,15-/m1/s1. The average molecular weight is 382 g/mol. The first kappa shape index (κ1) is 19.1. The molecule has 0 aliphatic heterocycles. The Bertz CT molecular complexity index is 855. The van der Waals surface area contributed by atoms with Crippen molar-refractivity contribution >= 4 is 17.7 Å². The molecule has 0 aliphatic rings. The van der Waals surface area contributed by atoms with Crippen LogP contribution in [0.15, 0.2) is 64.5 Å². The van der Waals surface area contributed by atoms with Crippen molar-refractivity contribution in [2.24, 2.45) is 0 Å². The minimum atomic E-state index is -0.333. The third-order valence-electron chi connectivity index (χ3n) is 4.25. The Morgan fingerprint density at radius 2 is 2.00 bits per heavy atom. The molecular weight excluding hydrogens is 360 g/mol. The van der Waals surface area contributed by atoms with Crippen molar-refractivity contribution in [1.82, 2.24) is 20.5 Å². The second kappa shape index (κ2) is 9.32. The maximum absolute atomic E-state index is 12.4. The molecule has 0 saturated carbocycles. The van der Waals surface area contributed by atoms with Gasteiger partial charge in [0.15, 0.2) is 0 Å². The van der Waals surface area contributed by atoms with E-state index in [4.69, 9.17) is 4.42 Å². The first-order chi connectivity index (χ1) is 13.2. The van der Waals surface area contributed by atoms with Crippen LogP contribution in [0.2, 0.25) is 0 Å². The van der Waals surface area contributed by atoms with Crippen molar-refractivity contribution in [3.8, 4) is 11.5 Å². The Labute approximate surface area is 162 Å². The van der Waals surface area contributed by atoms with Gasteiger partial charge in [0.1, 0.15) is 0 Å². The molecule has 1 aromatic carbocycles. The Balaban J connectivity index is 1.54. The maximum Gasteiger partial charge on any atom is 0.277 e. The lowest BCUT2D eigenvalue weighted by atomic mass is 9.96. The Morgan fingerprint density at radius 3 is 2.70 bits per heavy atom. The summed E-state index contributed by atoms with van der Waals surface area (Å²) in [4.78, 5) is 16.5. The fourth-order valence-corrected chi connectivity index (χ4v) is 3.37. The highest BCUT2D eigenvalue weighted by Crippen LogP contribution is 2.26. The summed E-state index contributed by atoms with van der Waals surface area (Å²) in [5.41, 5.74) is 1.99. The van der Waals surface area contributed by atoms with Crippen LogP contribution in [-0.4, -0.2) is 32.9 Å². The van der Waals surface area contributed by atoms with E-state index in [9.17, 15) is 4.79 Å². The van der Waals surface area contributed by atoms with Crippen LogP contribution in [0.3, 0.4) is 0 Å².